The summed E-state index contributed by atoms with van der Waals surface area (Å²) in [6.45, 7) is 3.40. The highest BCUT2D eigenvalue weighted by Crippen LogP contribution is 2.49. The van der Waals surface area contributed by atoms with E-state index in [1.165, 1.54) is 11.1 Å². The van der Waals surface area contributed by atoms with Gasteiger partial charge in [0.25, 0.3) is 5.56 Å². The number of aromatic nitrogens is 1. The van der Waals surface area contributed by atoms with Crippen molar-refractivity contribution in [2.24, 2.45) is 11.8 Å². The van der Waals surface area contributed by atoms with Gasteiger partial charge in [-0.25, -0.2) is 0 Å². The second-order valence-electron chi connectivity index (χ2n) is 8.92. The summed E-state index contributed by atoms with van der Waals surface area (Å²) in [5.41, 5.74) is 3.59. The van der Waals surface area contributed by atoms with Crippen LogP contribution in [0, 0.1) is 11.8 Å². The molecule has 6 nitrogen and oxygen atoms in total. The molecule has 3 aliphatic rings. The first-order valence-corrected chi connectivity index (χ1v) is 11.1. The Balaban J connectivity index is 1.41. The number of carbonyl (C=O) groups is 1. The number of pyridine rings is 1. The quantitative estimate of drug-likeness (QED) is 0.788. The predicted octanol–water partition coefficient (Wildman–Crippen LogP) is 1.51. The molecule has 2 aliphatic heterocycles. The molecule has 0 radical (unpaired) electrons. The zero-order chi connectivity index (χ0) is 20.8. The van der Waals surface area contributed by atoms with Crippen LogP contribution in [0.2, 0.25) is 0 Å². The Bertz CT molecular complexity index is 992. The smallest absolute Gasteiger partial charge is 0.250 e. The molecule has 0 spiro atoms. The van der Waals surface area contributed by atoms with E-state index in [0.29, 0.717) is 6.54 Å². The van der Waals surface area contributed by atoms with E-state index in [1.807, 2.05) is 22.8 Å². The number of hydrogen-bond acceptors (Lipinski definition) is 4. The Labute approximate surface area is 176 Å². The lowest BCUT2D eigenvalue weighted by Gasteiger charge is -2.31. The number of hydrogen-bond donors (Lipinski definition) is 2. The van der Waals surface area contributed by atoms with Crippen LogP contribution in [0.3, 0.4) is 0 Å². The minimum absolute atomic E-state index is 0.000222. The van der Waals surface area contributed by atoms with Gasteiger partial charge in [0.1, 0.15) is 0 Å². The molecule has 158 valence electrons. The average molecular weight is 408 g/mol. The first-order chi connectivity index (χ1) is 14.6. The molecular weight excluding hydrogens is 378 g/mol. The maximum atomic E-state index is 13.5. The van der Waals surface area contributed by atoms with Crippen molar-refractivity contribution in [3.63, 3.8) is 0 Å². The fraction of sp³-hybridized carbons (Fsp3) is 0.500. The van der Waals surface area contributed by atoms with Crippen LogP contribution in [0.25, 0.3) is 0 Å². The van der Waals surface area contributed by atoms with Crippen LogP contribution in [-0.2, 0) is 24.2 Å². The Morgan fingerprint density at radius 1 is 1.13 bits per heavy atom. The van der Waals surface area contributed by atoms with Crippen molar-refractivity contribution in [1.82, 2.24) is 14.8 Å². The zero-order valence-corrected chi connectivity index (χ0v) is 17.3. The molecule has 1 amide bonds. The molecule has 4 atom stereocenters. The minimum Gasteiger partial charge on any atom is -0.396 e. The largest absolute Gasteiger partial charge is 0.396 e. The average Bonchev–Trinajstić information content (AvgIpc) is 3.39. The maximum absolute atomic E-state index is 13.5. The molecule has 30 heavy (non-hydrogen) atoms. The number of nitrogens with zero attached hydrogens (tertiary/aromatic N) is 2. The number of rotatable bonds is 5. The molecule has 1 aromatic heterocycles. The first kappa shape index (κ1) is 19.5. The number of carbonyl (C=O) groups excluding carboxylic acids is 1. The summed E-state index contributed by atoms with van der Waals surface area (Å²) in [5, 5.41) is 13.6. The molecule has 6 heteroatoms. The Kier molecular flexibility index (Phi) is 4.99. The lowest BCUT2D eigenvalue weighted by atomic mass is 9.88. The van der Waals surface area contributed by atoms with Gasteiger partial charge >= 0.3 is 0 Å². The van der Waals surface area contributed by atoms with Crippen LogP contribution in [0.5, 0.6) is 0 Å². The van der Waals surface area contributed by atoms with Gasteiger partial charge in [0.05, 0.1) is 12.1 Å². The lowest BCUT2D eigenvalue weighted by molar-refractivity contribution is -0.128. The Morgan fingerprint density at radius 3 is 2.53 bits per heavy atom. The van der Waals surface area contributed by atoms with Crippen molar-refractivity contribution in [1.29, 1.82) is 0 Å². The third-order valence-electron chi connectivity index (χ3n) is 7.21. The number of aliphatic hydroxyl groups is 1. The Hall–Kier alpha value is -2.44. The van der Waals surface area contributed by atoms with Gasteiger partial charge in [0.15, 0.2) is 0 Å². The Morgan fingerprint density at radius 2 is 1.87 bits per heavy atom. The summed E-state index contributed by atoms with van der Waals surface area (Å²) in [6.07, 6.45) is 2.63. The second-order valence-corrected chi connectivity index (χ2v) is 8.92. The molecule has 3 heterocycles. The number of amides is 1. The highest BCUT2D eigenvalue weighted by atomic mass is 16.3. The van der Waals surface area contributed by atoms with Gasteiger partial charge in [0, 0.05) is 42.8 Å². The van der Waals surface area contributed by atoms with Gasteiger partial charge in [0.2, 0.25) is 5.91 Å². The molecule has 1 fully saturated rings. The van der Waals surface area contributed by atoms with Crippen LogP contribution in [-0.4, -0.2) is 45.7 Å². The molecule has 2 N–H and O–H groups in total. The van der Waals surface area contributed by atoms with Crippen LogP contribution in [0.1, 0.15) is 36.2 Å². The molecule has 1 aromatic carbocycles. The van der Waals surface area contributed by atoms with E-state index in [9.17, 15) is 14.7 Å². The SMILES string of the molecule is CCCN1[C@H](C(=O)NC2Cc3ccccc3C2)[C@@H](CO)[C@@H]2Cn3c(cccc3=O)[C@@H]21. The summed E-state index contributed by atoms with van der Waals surface area (Å²) < 4.78 is 1.82. The summed E-state index contributed by atoms with van der Waals surface area (Å²) in [4.78, 5) is 28.1. The van der Waals surface area contributed by atoms with Crippen molar-refractivity contribution in [2.75, 3.05) is 13.2 Å². The monoisotopic (exact) mass is 407 g/mol. The number of benzene rings is 1. The molecule has 2 aromatic rings. The van der Waals surface area contributed by atoms with E-state index >= 15 is 0 Å². The van der Waals surface area contributed by atoms with Crippen LogP contribution in [0.15, 0.2) is 47.3 Å². The van der Waals surface area contributed by atoms with Gasteiger partial charge in [-0.1, -0.05) is 37.3 Å². The highest BCUT2D eigenvalue weighted by molar-refractivity contribution is 5.83. The van der Waals surface area contributed by atoms with Crippen LogP contribution in [0.4, 0.5) is 0 Å². The second kappa shape index (κ2) is 7.67. The van der Waals surface area contributed by atoms with Gasteiger partial charge in [-0.3, -0.25) is 14.5 Å². The van der Waals surface area contributed by atoms with Crippen molar-refractivity contribution < 1.29 is 9.90 Å². The first-order valence-electron chi connectivity index (χ1n) is 11.1. The van der Waals surface area contributed by atoms with Crippen LogP contribution < -0.4 is 10.9 Å². The number of fused-ring (bicyclic) bond motifs is 4. The van der Waals surface area contributed by atoms with E-state index in [4.69, 9.17) is 0 Å². The molecule has 1 aliphatic carbocycles. The summed E-state index contributed by atoms with van der Waals surface area (Å²) in [7, 11) is 0. The van der Waals surface area contributed by atoms with Crippen molar-refractivity contribution in [2.45, 2.75) is 50.9 Å². The predicted molar refractivity (Wildman–Crippen MR) is 114 cm³/mol. The summed E-state index contributed by atoms with van der Waals surface area (Å²) >= 11 is 0. The zero-order valence-electron chi connectivity index (χ0n) is 17.3. The van der Waals surface area contributed by atoms with E-state index in [2.05, 4.69) is 29.3 Å². The fourth-order valence-corrected chi connectivity index (χ4v) is 6.02. The topological polar surface area (TPSA) is 74.6 Å². The van der Waals surface area contributed by atoms with Crippen molar-refractivity contribution in [3.05, 3.63) is 69.6 Å². The standard InChI is InChI=1S/C24H29N3O3/c1-2-10-26-22-18(13-27-20(22)8-5-9-21(27)29)19(14-28)23(26)24(30)25-17-11-15-6-3-4-7-16(15)12-17/h3-9,17-19,22-23,28H,2,10-14H2,1H3,(H,25,30)/t18-,19-,22+,23-/m0/s1. The molecule has 5 rings (SSSR count). The van der Waals surface area contributed by atoms with Crippen LogP contribution >= 0.6 is 0 Å². The van der Waals surface area contributed by atoms with E-state index < -0.39 is 0 Å². The number of aliphatic hydroxyl groups excluding tert-OH is 1. The third kappa shape index (κ3) is 3.01. The lowest BCUT2D eigenvalue weighted by Crippen LogP contribution is -2.51. The van der Waals surface area contributed by atoms with E-state index in [0.717, 1.165) is 31.5 Å². The van der Waals surface area contributed by atoms with Gasteiger partial charge in [-0.15, -0.1) is 0 Å². The van der Waals surface area contributed by atoms with Gasteiger partial charge in [-0.2, -0.15) is 0 Å². The summed E-state index contributed by atoms with van der Waals surface area (Å²) in [5.74, 6) is -0.0858. The molecule has 1 saturated heterocycles. The number of nitrogens with one attached hydrogen (secondary N) is 1. The fourth-order valence-electron chi connectivity index (χ4n) is 6.02. The number of likely N-dealkylation sites (tertiary alicyclic amines) is 1. The molecule has 0 unspecified atom stereocenters. The maximum Gasteiger partial charge on any atom is 0.250 e. The van der Waals surface area contributed by atoms with E-state index in [-0.39, 0.29) is 48.0 Å². The summed E-state index contributed by atoms with van der Waals surface area (Å²) in [6, 6.07) is 13.5. The minimum atomic E-state index is -0.363. The normalized spacial score (nSPS) is 27.7. The van der Waals surface area contributed by atoms with Gasteiger partial charge in [-0.05, 0) is 43.0 Å². The van der Waals surface area contributed by atoms with E-state index in [1.54, 1.807) is 12.1 Å². The van der Waals surface area contributed by atoms with Crippen molar-refractivity contribution in [3.8, 4) is 0 Å². The molecule has 0 saturated carbocycles. The highest BCUT2D eigenvalue weighted by Gasteiger charge is 2.55. The molecule has 0 bridgehead atoms. The van der Waals surface area contributed by atoms with Crippen molar-refractivity contribution >= 4 is 5.91 Å². The molecular formula is C24H29N3O3. The third-order valence-corrected chi connectivity index (χ3v) is 7.21. The van der Waals surface area contributed by atoms with Gasteiger partial charge < -0.3 is 15.0 Å².